The van der Waals surface area contributed by atoms with Gasteiger partial charge in [-0.05, 0) is 24.5 Å². The Morgan fingerprint density at radius 2 is 2.23 bits per heavy atom. The quantitative estimate of drug-likeness (QED) is 0.432. The first kappa shape index (κ1) is 10.1. The van der Waals surface area contributed by atoms with Crippen molar-refractivity contribution < 1.29 is 4.79 Å². The van der Waals surface area contributed by atoms with Crippen LogP contribution >= 0.6 is 11.8 Å². The molecule has 13 heavy (non-hydrogen) atoms. The van der Waals surface area contributed by atoms with E-state index in [0.29, 0.717) is 11.3 Å². The Balaban J connectivity index is 3.15. The summed E-state index contributed by atoms with van der Waals surface area (Å²) in [5.74, 6) is -0.0725. The van der Waals surface area contributed by atoms with Gasteiger partial charge in [0.25, 0.3) is 0 Å². The predicted molar refractivity (Wildman–Crippen MR) is 56.0 cm³/mol. The van der Waals surface area contributed by atoms with Crippen molar-refractivity contribution >= 4 is 23.2 Å². The van der Waals surface area contributed by atoms with Gasteiger partial charge in [0, 0.05) is 16.1 Å². The molecular formula is C9H12N2OS. The van der Waals surface area contributed by atoms with Crippen molar-refractivity contribution in [2.45, 2.75) is 4.90 Å². The third-order valence-electron chi connectivity index (χ3n) is 1.71. The van der Waals surface area contributed by atoms with Crippen molar-refractivity contribution in [1.29, 1.82) is 0 Å². The van der Waals surface area contributed by atoms with E-state index in [1.54, 1.807) is 12.1 Å². The van der Waals surface area contributed by atoms with Gasteiger partial charge in [-0.15, -0.1) is 11.8 Å². The average molecular weight is 196 g/mol. The summed E-state index contributed by atoms with van der Waals surface area (Å²) in [6.45, 7) is 0.0248. The molecule has 1 aromatic rings. The van der Waals surface area contributed by atoms with Crippen LogP contribution in [-0.2, 0) is 0 Å². The predicted octanol–water partition coefficient (Wildman–Crippen LogP) is 1.13. The highest BCUT2D eigenvalue weighted by atomic mass is 32.2. The van der Waals surface area contributed by atoms with Crippen LogP contribution in [0, 0.1) is 0 Å². The minimum Gasteiger partial charge on any atom is -0.399 e. The van der Waals surface area contributed by atoms with Crippen molar-refractivity contribution in [3.8, 4) is 0 Å². The second-order valence-electron chi connectivity index (χ2n) is 2.59. The summed E-state index contributed by atoms with van der Waals surface area (Å²) in [6.07, 6.45) is 1.92. The summed E-state index contributed by atoms with van der Waals surface area (Å²) < 4.78 is 0. The maximum absolute atomic E-state index is 11.4. The fraction of sp³-hybridized carbons (Fsp3) is 0.222. The maximum atomic E-state index is 11.4. The lowest BCUT2D eigenvalue weighted by Gasteiger charge is -2.05. The van der Waals surface area contributed by atoms with Gasteiger partial charge in [0.2, 0.25) is 0 Å². The van der Waals surface area contributed by atoms with E-state index < -0.39 is 0 Å². The lowest BCUT2D eigenvalue weighted by atomic mass is 10.1. The minimum absolute atomic E-state index is 0.0248. The van der Waals surface area contributed by atoms with Crippen LogP contribution in [0.5, 0.6) is 0 Å². The molecule has 0 amide bonds. The summed E-state index contributed by atoms with van der Waals surface area (Å²) in [5, 5.41) is 0. The Kier molecular flexibility index (Phi) is 3.33. The summed E-state index contributed by atoms with van der Waals surface area (Å²) in [7, 11) is 0. The van der Waals surface area contributed by atoms with Crippen molar-refractivity contribution in [3.63, 3.8) is 0 Å². The fourth-order valence-electron chi connectivity index (χ4n) is 1.05. The lowest BCUT2D eigenvalue weighted by molar-refractivity contribution is 0.0998. The van der Waals surface area contributed by atoms with E-state index >= 15 is 0 Å². The third kappa shape index (κ3) is 2.23. The molecule has 1 aromatic carbocycles. The van der Waals surface area contributed by atoms with Crippen LogP contribution in [-0.4, -0.2) is 18.6 Å². The molecule has 4 N–H and O–H groups in total. The van der Waals surface area contributed by atoms with Crippen molar-refractivity contribution in [3.05, 3.63) is 23.8 Å². The summed E-state index contributed by atoms with van der Waals surface area (Å²) in [4.78, 5) is 12.3. The number of anilines is 1. The third-order valence-corrected chi connectivity index (χ3v) is 2.51. The molecule has 1 rings (SSSR count). The second-order valence-corrected chi connectivity index (χ2v) is 3.44. The average Bonchev–Trinajstić information content (AvgIpc) is 2.16. The van der Waals surface area contributed by atoms with Crippen LogP contribution in [0.2, 0.25) is 0 Å². The molecule has 0 saturated heterocycles. The first-order valence-corrected chi connectivity index (χ1v) is 5.08. The molecule has 0 aliphatic heterocycles. The van der Waals surface area contributed by atoms with Crippen LogP contribution in [0.4, 0.5) is 5.69 Å². The SMILES string of the molecule is CSc1ccc(N)cc1C(=O)CN. The number of Topliss-reactive ketones (excluding diaryl/α,β-unsaturated/α-hetero) is 1. The first-order valence-electron chi connectivity index (χ1n) is 3.86. The number of hydrogen-bond donors (Lipinski definition) is 2. The number of hydrogen-bond acceptors (Lipinski definition) is 4. The molecule has 3 nitrogen and oxygen atoms in total. The van der Waals surface area contributed by atoms with E-state index in [4.69, 9.17) is 11.5 Å². The van der Waals surface area contributed by atoms with E-state index in [9.17, 15) is 4.79 Å². The number of thioether (sulfide) groups is 1. The number of rotatable bonds is 3. The zero-order chi connectivity index (χ0) is 9.84. The molecule has 0 atom stereocenters. The Morgan fingerprint density at radius 3 is 2.77 bits per heavy atom. The summed E-state index contributed by atoms with van der Waals surface area (Å²) in [6, 6.07) is 5.28. The monoisotopic (exact) mass is 196 g/mol. The molecule has 0 bridgehead atoms. The van der Waals surface area contributed by atoms with Gasteiger partial charge in [-0.1, -0.05) is 0 Å². The van der Waals surface area contributed by atoms with Crippen molar-refractivity contribution in [2.75, 3.05) is 18.5 Å². The van der Waals surface area contributed by atoms with Gasteiger partial charge < -0.3 is 11.5 Å². The van der Waals surface area contributed by atoms with Gasteiger partial charge in [0.15, 0.2) is 5.78 Å². The van der Waals surface area contributed by atoms with E-state index in [1.165, 1.54) is 11.8 Å². The molecule has 0 fully saturated rings. The number of nitrogen functional groups attached to an aromatic ring is 1. The van der Waals surface area contributed by atoms with Gasteiger partial charge in [0.1, 0.15) is 0 Å². The molecule has 0 aliphatic rings. The number of benzene rings is 1. The Bertz CT molecular complexity index is 325. The number of carbonyl (C=O) groups is 1. The normalized spacial score (nSPS) is 10.0. The smallest absolute Gasteiger partial charge is 0.177 e. The molecule has 4 heteroatoms. The van der Waals surface area contributed by atoms with E-state index in [0.717, 1.165) is 4.90 Å². The first-order chi connectivity index (χ1) is 6.19. The number of nitrogens with two attached hydrogens (primary N) is 2. The van der Waals surface area contributed by atoms with Crippen LogP contribution in [0.3, 0.4) is 0 Å². The van der Waals surface area contributed by atoms with Crippen molar-refractivity contribution in [1.82, 2.24) is 0 Å². The molecular weight excluding hydrogens is 184 g/mol. The van der Waals surface area contributed by atoms with Gasteiger partial charge in [0.05, 0.1) is 6.54 Å². The topological polar surface area (TPSA) is 69.1 Å². The van der Waals surface area contributed by atoms with E-state index in [2.05, 4.69) is 0 Å². The molecule has 70 valence electrons. The molecule has 0 radical (unpaired) electrons. The molecule has 0 heterocycles. The number of carbonyl (C=O) groups excluding carboxylic acids is 1. The van der Waals surface area contributed by atoms with Crippen LogP contribution < -0.4 is 11.5 Å². The van der Waals surface area contributed by atoms with Gasteiger partial charge in [-0.2, -0.15) is 0 Å². The zero-order valence-corrected chi connectivity index (χ0v) is 8.23. The Labute approximate surface area is 81.5 Å². The van der Waals surface area contributed by atoms with Crippen LogP contribution in [0.1, 0.15) is 10.4 Å². The maximum Gasteiger partial charge on any atom is 0.177 e. The van der Waals surface area contributed by atoms with Gasteiger partial charge >= 0.3 is 0 Å². The molecule has 0 aliphatic carbocycles. The standard InChI is InChI=1S/C9H12N2OS/c1-13-9-3-2-6(11)4-7(9)8(12)5-10/h2-4H,5,10-11H2,1H3. The van der Waals surface area contributed by atoms with Crippen LogP contribution in [0.25, 0.3) is 0 Å². The minimum atomic E-state index is -0.0725. The van der Waals surface area contributed by atoms with E-state index in [-0.39, 0.29) is 12.3 Å². The van der Waals surface area contributed by atoms with Gasteiger partial charge in [-0.3, -0.25) is 4.79 Å². The van der Waals surface area contributed by atoms with E-state index in [1.807, 2.05) is 12.3 Å². The zero-order valence-electron chi connectivity index (χ0n) is 7.41. The highest BCUT2D eigenvalue weighted by Gasteiger charge is 2.08. The molecule has 0 aromatic heterocycles. The molecule has 0 spiro atoms. The number of ketones is 1. The summed E-state index contributed by atoms with van der Waals surface area (Å²) >= 11 is 1.52. The Hall–Kier alpha value is -1.00. The highest BCUT2D eigenvalue weighted by molar-refractivity contribution is 7.98. The van der Waals surface area contributed by atoms with Gasteiger partial charge in [-0.25, -0.2) is 0 Å². The fourth-order valence-corrected chi connectivity index (χ4v) is 1.65. The lowest BCUT2D eigenvalue weighted by Crippen LogP contribution is -2.14. The second kappa shape index (κ2) is 4.30. The summed E-state index contributed by atoms with van der Waals surface area (Å²) in [5.41, 5.74) is 12.1. The largest absolute Gasteiger partial charge is 0.399 e. The molecule has 0 unspecified atom stereocenters. The van der Waals surface area contributed by atoms with Crippen LogP contribution in [0.15, 0.2) is 23.1 Å². The Morgan fingerprint density at radius 1 is 1.54 bits per heavy atom. The highest BCUT2D eigenvalue weighted by Crippen LogP contribution is 2.22. The van der Waals surface area contributed by atoms with Crippen molar-refractivity contribution in [2.24, 2.45) is 5.73 Å². The molecule has 0 saturated carbocycles.